The lowest BCUT2D eigenvalue weighted by Gasteiger charge is -2.37. The third-order valence-electron chi connectivity index (χ3n) is 3.59. The first-order valence-electron chi connectivity index (χ1n) is 6.79. The monoisotopic (exact) mass is 276 g/mol. The molecule has 2 rings (SSSR count). The van der Waals surface area contributed by atoms with Crippen molar-refractivity contribution in [2.75, 3.05) is 13.1 Å². The van der Waals surface area contributed by atoms with Gasteiger partial charge in [-0.2, -0.15) is 0 Å². The SMILES string of the molecule is CC(=O)NC(C)Cc1ccc(C2CN(C(=O)O)C2)cc1. The Morgan fingerprint density at radius 3 is 2.45 bits per heavy atom. The van der Waals surface area contributed by atoms with Crippen molar-refractivity contribution in [3.63, 3.8) is 0 Å². The summed E-state index contributed by atoms with van der Waals surface area (Å²) in [7, 11) is 0. The molecule has 20 heavy (non-hydrogen) atoms. The first-order chi connectivity index (χ1) is 9.45. The van der Waals surface area contributed by atoms with Gasteiger partial charge in [-0.15, -0.1) is 0 Å². The third-order valence-corrected chi connectivity index (χ3v) is 3.59. The largest absolute Gasteiger partial charge is 0.465 e. The van der Waals surface area contributed by atoms with Crippen LogP contribution in [0.25, 0.3) is 0 Å². The quantitative estimate of drug-likeness (QED) is 0.881. The van der Waals surface area contributed by atoms with E-state index in [1.165, 1.54) is 23.0 Å². The van der Waals surface area contributed by atoms with Crippen molar-refractivity contribution >= 4 is 12.0 Å². The van der Waals surface area contributed by atoms with E-state index in [1.807, 2.05) is 6.92 Å². The van der Waals surface area contributed by atoms with Gasteiger partial charge in [0.25, 0.3) is 0 Å². The van der Waals surface area contributed by atoms with Gasteiger partial charge in [0.15, 0.2) is 0 Å². The second-order valence-electron chi connectivity index (χ2n) is 5.43. The Bertz CT molecular complexity index is 492. The van der Waals surface area contributed by atoms with E-state index >= 15 is 0 Å². The highest BCUT2D eigenvalue weighted by Crippen LogP contribution is 2.27. The Morgan fingerprint density at radius 1 is 1.35 bits per heavy atom. The molecule has 0 bridgehead atoms. The lowest BCUT2D eigenvalue weighted by Crippen LogP contribution is -2.47. The number of carboxylic acid groups (broad SMARTS) is 1. The molecule has 5 nitrogen and oxygen atoms in total. The zero-order valence-electron chi connectivity index (χ0n) is 11.8. The summed E-state index contributed by atoms with van der Waals surface area (Å²) in [5.41, 5.74) is 2.35. The van der Waals surface area contributed by atoms with E-state index in [0.717, 1.165) is 6.42 Å². The molecule has 108 valence electrons. The minimum atomic E-state index is -0.845. The molecule has 0 aliphatic carbocycles. The van der Waals surface area contributed by atoms with Crippen molar-refractivity contribution in [1.29, 1.82) is 0 Å². The maximum Gasteiger partial charge on any atom is 0.407 e. The van der Waals surface area contributed by atoms with Gasteiger partial charge in [0.1, 0.15) is 0 Å². The Kier molecular flexibility index (Phi) is 4.27. The molecule has 5 heteroatoms. The van der Waals surface area contributed by atoms with E-state index in [1.54, 1.807) is 0 Å². The second-order valence-corrected chi connectivity index (χ2v) is 5.43. The summed E-state index contributed by atoms with van der Waals surface area (Å²) in [5.74, 6) is 0.297. The van der Waals surface area contributed by atoms with E-state index in [0.29, 0.717) is 19.0 Å². The van der Waals surface area contributed by atoms with E-state index in [2.05, 4.69) is 29.6 Å². The summed E-state index contributed by atoms with van der Waals surface area (Å²) in [6.07, 6.45) is -0.0480. The number of likely N-dealkylation sites (tertiary alicyclic amines) is 1. The smallest absolute Gasteiger partial charge is 0.407 e. The molecule has 1 aliphatic rings. The molecule has 1 aliphatic heterocycles. The first kappa shape index (κ1) is 14.4. The number of nitrogens with zero attached hydrogens (tertiary/aromatic N) is 1. The number of amides is 2. The number of carbonyl (C=O) groups is 2. The van der Waals surface area contributed by atoms with Crippen LogP contribution in [0.5, 0.6) is 0 Å². The molecule has 0 saturated carbocycles. The van der Waals surface area contributed by atoms with Gasteiger partial charge in [-0.05, 0) is 24.5 Å². The van der Waals surface area contributed by atoms with Crippen LogP contribution < -0.4 is 5.32 Å². The fourth-order valence-corrected chi connectivity index (χ4v) is 2.52. The van der Waals surface area contributed by atoms with Gasteiger partial charge in [-0.1, -0.05) is 24.3 Å². The molecular formula is C15H20N2O3. The van der Waals surface area contributed by atoms with Crippen LogP contribution >= 0.6 is 0 Å². The zero-order chi connectivity index (χ0) is 14.7. The lowest BCUT2D eigenvalue weighted by atomic mass is 9.91. The maximum atomic E-state index is 11.0. The Morgan fingerprint density at radius 2 is 1.95 bits per heavy atom. The van der Waals surface area contributed by atoms with Crippen molar-refractivity contribution in [2.24, 2.45) is 0 Å². The average Bonchev–Trinajstić information content (AvgIpc) is 2.27. The fourth-order valence-electron chi connectivity index (χ4n) is 2.52. The first-order valence-corrected chi connectivity index (χ1v) is 6.79. The molecule has 0 spiro atoms. The zero-order valence-corrected chi connectivity index (χ0v) is 11.8. The predicted octanol–water partition coefficient (Wildman–Crippen LogP) is 1.83. The highest BCUT2D eigenvalue weighted by atomic mass is 16.4. The summed E-state index contributed by atoms with van der Waals surface area (Å²) in [5, 5.41) is 11.7. The van der Waals surface area contributed by atoms with Gasteiger partial charge in [0, 0.05) is 32.0 Å². The summed E-state index contributed by atoms with van der Waals surface area (Å²) >= 11 is 0. The van der Waals surface area contributed by atoms with Gasteiger partial charge in [-0.25, -0.2) is 4.79 Å². The number of nitrogens with one attached hydrogen (secondary N) is 1. The molecule has 0 radical (unpaired) electrons. The number of hydrogen-bond donors (Lipinski definition) is 2. The summed E-state index contributed by atoms with van der Waals surface area (Å²) < 4.78 is 0. The van der Waals surface area contributed by atoms with Crippen LogP contribution in [0.1, 0.15) is 30.9 Å². The van der Waals surface area contributed by atoms with E-state index in [-0.39, 0.29) is 11.9 Å². The van der Waals surface area contributed by atoms with Crippen LogP contribution in [0.15, 0.2) is 24.3 Å². The van der Waals surface area contributed by atoms with Gasteiger partial charge < -0.3 is 15.3 Å². The van der Waals surface area contributed by atoms with Crippen LogP contribution in [-0.4, -0.2) is 41.1 Å². The molecule has 2 N–H and O–H groups in total. The van der Waals surface area contributed by atoms with Gasteiger partial charge in [0.2, 0.25) is 5.91 Å². The van der Waals surface area contributed by atoms with Crippen molar-refractivity contribution < 1.29 is 14.7 Å². The molecule has 0 aromatic heterocycles. The standard InChI is InChI=1S/C15H20N2O3/c1-10(16-11(2)18)7-12-3-5-13(6-4-12)14-8-17(9-14)15(19)20/h3-6,10,14H,7-9H2,1-2H3,(H,16,18)(H,19,20). The minimum absolute atomic E-state index is 0.0163. The van der Waals surface area contributed by atoms with Crippen molar-refractivity contribution in [2.45, 2.75) is 32.2 Å². The van der Waals surface area contributed by atoms with Crippen molar-refractivity contribution in [3.05, 3.63) is 35.4 Å². The molecule has 1 aromatic carbocycles. The van der Waals surface area contributed by atoms with Crippen molar-refractivity contribution in [1.82, 2.24) is 10.2 Å². The normalized spacial score (nSPS) is 16.4. The van der Waals surface area contributed by atoms with E-state index in [4.69, 9.17) is 5.11 Å². The van der Waals surface area contributed by atoms with Crippen LogP contribution in [0.4, 0.5) is 4.79 Å². The summed E-state index contributed by atoms with van der Waals surface area (Å²) in [6, 6.07) is 8.33. The third kappa shape index (κ3) is 3.50. The number of hydrogen-bond acceptors (Lipinski definition) is 2. The van der Waals surface area contributed by atoms with Gasteiger partial charge in [-0.3, -0.25) is 4.79 Å². The number of benzene rings is 1. The molecule has 1 saturated heterocycles. The summed E-state index contributed by atoms with van der Waals surface area (Å²) in [4.78, 5) is 23.1. The van der Waals surface area contributed by atoms with E-state index in [9.17, 15) is 9.59 Å². The molecule has 1 heterocycles. The molecule has 1 unspecified atom stereocenters. The van der Waals surface area contributed by atoms with Gasteiger partial charge >= 0.3 is 6.09 Å². The second kappa shape index (κ2) is 5.94. The van der Waals surface area contributed by atoms with Crippen LogP contribution in [0.3, 0.4) is 0 Å². The van der Waals surface area contributed by atoms with Crippen LogP contribution in [-0.2, 0) is 11.2 Å². The highest BCUT2D eigenvalue weighted by molar-refractivity contribution is 5.73. The van der Waals surface area contributed by atoms with Crippen LogP contribution in [0.2, 0.25) is 0 Å². The lowest BCUT2D eigenvalue weighted by molar-refractivity contribution is -0.119. The van der Waals surface area contributed by atoms with Gasteiger partial charge in [0.05, 0.1) is 0 Å². The average molecular weight is 276 g/mol. The van der Waals surface area contributed by atoms with Crippen molar-refractivity contribution in [3.8, 4) is 0 Å². The fraction of sp³-hybridized carbons (Fsp3) is 0.467. The molecule has 1 atom stereocenters. The summed E-state index contributed by atoms with van der Waals surface area (Å²) in [6.45, 7) is 4.66. The highest BCUT2D eigenvalue weighted by Gasteiger charge is 2.31. The molecule has 2 amide bonds. The molecular weight excluding hydrogens is 256 g/mol. The Hall–Kier alpha value is -2.04. The Balaban J connectivity index is 1.87. The minimum Gasteiger partial charge on any atom is -0.465 e. The number of carbonyl (C=O) groups excluding carboxylic acids is 1. The van der Waals surface area contributed by atoms with E-state index < -0.39 is 6.09 Å². The molecule has 1 aromatic rings. The maximum absolute atomic E-state index is 11.0. The topological polar surface area (TPSA) is 69.6 Å². The van der Waals surface area contributed by atoms with Crippen LogP contribution in [0, 0.1) is 0 Å². The predicted molar refractivity (Wildman–Crippen MR) is 75.8 cm³/mol. The molecule has 1 fully saturated rings. The Labute approximate surface area is 118 Å². The number of rotatable bonds is 4.